The highest BCUT2D eigenvalue weighted by Gasteiger charge is 2.22. The van der Waals surface area contributed by atoms with E-state index >= 15 is 0 Å². The van der Waals surface area contributed by atoms with Crippen molar-refractivity contribution in [2.45, 2.75) is 51.1 Å². The van der Waals surface area contributed by atoms with Gasteiger partial charge in [-0.3, -0.25) is 4.79 Å². The summed E-state index contributed by atoms with van der Waals surface area (Å²) in [6, 6.07) is 0.825. The quantitative estimate of drug-likeness (QED) is 0.809. The van der Waals surface area contributed by atoms with E-state index in [0.717, 1.165) is 18.2 Å². The Kier molecular flexibility index (Phi) is 5.16. The van der Waals surface area contributed by atoms with Crippen LogP contribution in [0.3, 0.4) is 0 Å². The minimum absolute atomic E-state index is 0.240. The Morgan fingerprint density at radius 1 is 1.35 bits per heavy atom. The number of thioether (sulfide) groups is 1. The van der Waals surface area contributed by atoms with Gasteiger partial charge < -0.3 is 10.6 Å². The van der Waals surface area contributed by atoms with Crippen LogP contribution in [-0.4, -0.2) is 36.0 Å². The Hall–Kier alpha value is -0.220. The van der Waals surface area contributed by atoms with Gasteiger partial charge >= 0.3 is 0 Å². The molecule has 1 aliphatic carbocycles. The molecule has 2 fully saturated rings. The van der Waals surface area contributed by atoms with Crippen molar-refractivity contribution < 1.29 is 4.79 Å². The third-order valence-corrected chi connectivity index (χ3v) is 4.94. The average molecular weight is 256 g/mol. The predicted octanol–water partition coefficient (Wildman–Crippen LogP) is 1.78. The van der Waals surface area contributed by atoms with E-state index in [-0.39, 0.29) is 5.91 Å². The van der Waals surface area contributed by atoms with Gasteiger partial charge in [0.05, 0.1) is 0 Å². The standard InChI is InChI=1S/C13H24N2OS/c1-10-2-4-11(5-3-10)15-13(16)8-12-9-17-7-6-14-12/h10-12,14H,2-9H2,1H3,(H,15,16). The van der Waals surface area contributed by atoms with Gasteiger partial charge in [-0.1, -0.05) is 6.92 Å². The van der Waals surface area contributed by atoms with Gasteiger partial charge in [0, 0.05) is 36.6 Å². The van der Waals surface area contributed by atoms with Gasteiger partial charge in [0.15, 0.2) is 0 Å². The Labute approximate surface area is 108 Å². The van der Waals surface area contributed by atoms with Crippen LogP contribution in [-0.2, 0) is 4.79 Å². The van der Waals surface area contributed by atoms with Crippen LogP contribution in [0.1, 0.15) is 39.0 Å². The number of carbonyl (C=O) groups is 1. The first-order valence-corrected chi connectivity index (χ1v) is 8.00. The molecular formula is C13H24N2OS. The maximum Gasteiger partial charge on any atom is 0.221 e. The van der Waals surface area contributed by atoms with Crippen molar-refractivity contribution in [2.75, 3.05) is 18.1 Å². The number of nitrogens with one attached hydrogen (secondary N) is 2. The first kappa shape index (κ1) is 13.2. The Bertz CT molecular complexity index is 246. The molecule has 2 rings (SSSR count). The van der Waals surface area contributed by atoms with Gasteiger partial charge in [-0.2, -0.15) is 11.8 Å². The highest BCUT2D eigenvalue weighted by molar-refractivity contribution is 7.99. The Balaban J connectivity index is 1.66. The molecule has 2 N–H and O–H groups in total. The van der Waals surface area contributed by atoms with Crippen LogP contribution in [0, 0.1) is 5.92 Å². The number of rotatable bonds is 3. The fourth-order valence-electron chi connectivity index (χ4n) is 2.67. The molecule has 0 radical (unpaired) electrons. The third-order valence-electron chi connectivity index (χ3n) is 3.81. The summed E-state index contributed by atoms with van der Waals surface area (Å²) in [5.74, 6) is 3.34. The summed E-state index contributed by atoms with van der Waals surface area (Å²) < 4.78 is 0. The zero-order valence-corrected chi connectivity index (χ0v) is 11.5. The van der Waals surface area contributed by atoms with Gasteiger partial charge in [0.25, 0.3) is 0 Å². The summed E-state index contributed by atoms with van der Waals surface area (Å²) in [5.41, 5.74) is 0. The van der Waals surface area contributed by atoms with Crippen molar-refractivity contribution in [3.8, 4) is 0 Å². The lowest BCUT2D eigenvalue weighted by molar-refractivity contribution is -0.122. The van der Waals surface area contributed by atoms with Crippen LogP contribution in [0.15, 0.2) is 0 Å². The van der Waals surface area contributed by atoms with E-state index in [4.69, 9.17) is 0 Å². The summed E-state index contributed by atoms with van der Waals surface area (Å²) in [6.45, 7) is 3.35. The monoisotopic (exact) mass is 256 g/mol. The molecule has 0 bridgehead atoms. The van der Waals surface area contributed by atoms with E-state index in [1.165, 1.54) is 31.4 Å². The van der Waals surface area contributed by atoms with Crippen molar-refractivity contribution in [3.63, 3.8) is 0 Å². The molecule has 1 saturated heterocycles. The molecule has 0 aromatic heterocycles. The van der Waals surface area contributed by atoms with E-state index in [9.17, 15) is 4.79 Å². The molecule has 0 aromatic rings. The minimum Gasteiger partial charge on any atom is -0.353 e. The second-order valence-electron chi connectivity index (χ2n) is 5.45. The lowest BCUT2D eigenvalue weighted by Gasteiger charge is -2.28. The summed E-state index contributed by atoms with van der Waals surface area (Å²) in [5, 5.41) is 6.61. The van der Waals surface area contributed by atoms with Crippen molar-refractivity contribution in [1.29, 1.82) is 0 Å². The fourth-order valence-corrected chi connectivity index (χ4v) is 3.61. The zero-order valence-electron chi connectivity index (χ0n) is 10.7. The van der Waals surface area contributed by atoms with Gasteiger partial charge in [-0.05, 0) is 31.6 Å². The largest absolute Gasteiger partial charge is 0.353 e. The highest BCUT2D eigenvalue weighted by atomic mass is 32.2. The number of hydrogen-bond donors (Lipinski definition) is 2. The second-order valence-corrected chi connectivity index (χ2v) is 6.60. The van der Waals surface area contributed by atoms with Crippen LogP contribution < -0.4 is 10.6 Å². The molecule has 1 unspecified atom stereocenters. The predicted molar refractivity (Wildman–Crippen MR) is 73.3 cm³/mol. The average Bonchev–Trinajstić information content (AvgIpc) is 2.33. The van der Waals surface area contributed by atoms with Crippen LogP contribution in [0.25, 0.3) is 0 Å². The molecule has 17 heavy (non-hydrogen) atoms. The SMILES string of the molecule is CC1CCC(NC(=O)CC2CSCCN2)CC1. The maximum atomic E-state index is 11.9. The first-order valence-electron chi connectivity index (χ1n) is 6.84. The topological polar surface area (TPSA) is 41.1 Å². The lowest BCUT2D eigenvalue weighted by atomic mass is 9.87. The van der Waals surface area contributed by atoms with E-state index < -0.39 is 0 Å². The molecule has 98 valence electrons. The first-order chi connectivity index (χ1) is 8.24. The zero-order chi connectivity index (χ0) is 12.1. The van der Waals surface area contributed by atoms with E-state index in [0.29, 0.717) is 18.5 Å². The third kappa shape index (κ3) is 4.51. The molecule has 4 heteroatoms. The van der Waals surface area contributed by atoms with E-state index in [1.54, 1.807) is 0 Å². The normalized spacial score (nSPS) is 34.3. The van der Waals surface area contributed by atoms with Crippen molar-refractivity contribution in [1.82, 2.24) is 10.6 Å². The summed E-state index contributed by atoms with van der Waals surface area (Å²) in [4.78, 5) is 11.9. The Morgan fingerprint density at radius 2 is 2.12 bits per heavy atom. The minimum atomic E-state index is 0.240. The molecule has 3 nitrogen and oxygen atoms in total. The summed E-state index contributed by atoms with van der Waals surface area (Å²) >= 11 is 1.95. The smallest absolute Gasteiger partial charge is 0.221 e. The number of amides is 1. The number of hydrogen-bond acceptors (Lipinski definition) is 3. The second kappa shape index (κ2) is 6.64. The fraction of sp³-hybridized carbons (Fsp3) is 0.923. The molecule has 1 atom stereocenters. The van der Waals surface area contributed by atoms with Crippen LogP contribution in [0.4, 0.5) is 0 Å². The maximum absolute atomic E-state index is 11.9. The molecule has 0 aromatic carbocycles. The van der Waals surface area contributed by atoms with Crippen LogP contribution in [0.5, 0.6) is 0 Å². The van der Waals surface area contributed by atoms with Crippen LogP contribution in [0.2, 0.25) is 0 Å². The molecule has 1 saturated carbocycles. The van der Waals surface area contributed by atoms with Gasteiger partial charge in [-0.15, -0.1) is 0 Å². The number of carbonyl (C=O) groups excluding carboxylic acids is 1. The van der Waals surface area contributed by atoms with Crippen molar-refractivity contribution in [2.24, 2.45) is 5.92 Å². The lowest BCUT2D eigenvalue weighted by Crippen LogP contribution is -2.44. The van der Waals surface area contributed by atoms with Crippen LogP contribution >= 0.6 is 11.8 Å². The van der Waals surface area contributed by atoms with Gasteiger partial charge in [0.2, 0.25) is 5.91 Å². The summed E-state index contributed by atoms with van der Waals surface area (Å²) in [7, 11) is 0. The molecular weight excluding hydrogens is 232 g/mol. The highest BCUT2D eigenvalue weighted by Crippen LogP contribution is 2.23. The Morgan fingerprint density at radius 3 is 2.76 bits per heavy atom. The van der Waals surface area contributed by atoms with Crippen molar-refractivity contribution >= 4 is 17.7 Å². The molecule has 2 aliphatic rings. The van der Waals surface area contributed by atoms with Crippen molar-refractivity contribution in [3.05, 3.63) is 0 Å². The molecule has 1 heterocycles. The molecule has 1 amide bonds. The van der Waals surface area contributed by atoms with E-state index in [2.05, 4.69) is 17.6 Å². The van der Waals surface area contributed by atoms with Gasteiger partial charge in [-0.25, -0.2) is 0 Å². The summed E-state index contributed by atoms with van der Waals surface area (Å²) in [6.07, 6.45) is 5.52. The molecule has 1 aliphatic heterocycles. The van der Waals surface area contributed by atoms with E-state index in [1.807, 2.05) is 11.8 Å². The van der Waals surface area contributed by atoms with Gasteiger partial charge in [0.1, 0.15) is 0 Å². The molecule has 0 spiro atoms.